The van der Waals surface area contributed by atoms with Crippen LogP contribution in [0.5, 0.6) is 0 Å². The lowest BCUT2D eigenvalue weighted by atomic mass is 10.2. The minimum atomic E-state index is -1.81. The number of ether oxygens (including phenoxy) is 1. The van der Waals surface area contributed by atoms with E-state index in [9.17, 15) is 9.00 Å². The predicted octanol–water partition coefficient (Wildman–Crippen LogP) is 1.33. The molecule has 0 aromatic carbocycles. The average molecular weight is 208 g/mol. The Hall–Kier alpha value is -0.420. The van der Waals surface area contributed by atoms with Crippen LogP contribution in [0, 0.1) is 0 Å². The summed E-state index contributed by atoms with van der Waals surface area (Å²) in [5, 5.41) is 0. The number of esters is 1. The van der Waals surface area contributed by atoms with Crippen LogP contribution < -0.4 is 0 Å². The van der Waals surface area contributed by atoms with Gasteiger partial charge in [0.1, 0.15) is 5.60 Å². The Kier molecular flexibility index (Phi) is 5.17. The topological polar surface area (TPSA) is 63.6 Å². The third-order valence-electron chi connectivity index (χ3n) is 1.12. The maximum Gasteiger partial charge on any atom is 0.306 e. The van der Waals surface area contributed by atoms with Gasteiger partial charge in [-0.3, -0.25) is 4.79 Å². The van der Waals surface area contributed by atoms with Crippen molar-refractivity contribution in [3.63, 3.8) is 0 Å². The van der Waals surface area contributed by atoms with E-state index >= 15 is 0 Å². The van der Waals surface area contributed by atoms with E-state index < -0.39 is 16.7 Å². The molecule has 0 aliphatic rings. The molecule has 0 aromatic heterocycles. The zero-order valence-corrected chi connectivity index (χ0v) is 9.02. The Bertz CT molecular complexity index is 195. The molecule has 0 saturated heterocycles. The first-order valence-corrected chi connectivity index (χ1v) is 5.38. The smallest absolute Gasteiger partial charge is 0.306 e. The highest BCUT2D eigenvalue weighted by molar-refractivity contribution is 7.79. The Morgan fingerprint density at radius 1 is 1.46 bits per heavy atom. The largest absolute Gasteiger partial charge is 0.460 e. The number of hydrogen-bond acceptors (Lipinski definition) is 3. The zero-order valence-electron chi connectivity index (χ0n) is 8.20. The molecule has 0 aliphatic carbocycles. The molecule has 0 rings (SSSR count). The van der Waals surface area contributed by atoms with E-state index in [1.54, 1.807) is 20.8 Å². The summed E-state index contributed by atoms with van der Waals surface area (Å²) < 4.78 is 23.6. The summed E-state index contributed by atoms with van der Waals surface area (Å²) in [7, 11) is 0. The van der Waals surface area contributed by atoms with Gasteiger partial charge in [0.25, 0.3) is 0 Å². The van der Waals surface area contributed by atoms with Gasteiger partial charge in [0.2, 0.25) is 0 Å². The first-order chi connectivity index (χ1) is 5.81. The minimum absolute atomic E-state index is 0.124. The highest BCUT2D eigenvalue weighted by Crippen LogP contribution is 2.08. The van der Waals surface area contributed by atoms with Gasteiger partial charge in [0.05, 0.1) is 0 Å². The van der Waals surface area contributed by atoms with E-state index in [2.05, 4.69) is 0 Å². The summed E-state index contributed by atoms with van der Waals surface area (Å²) in [6.07, 6.45) is 0.585. The highest BCUT2D eigenvalue weighted by Gasteiger charge is 2.15. The number of carbonyl (C=O) groups is 1. The summed E-state index contributed by atoms with van der Waals surface area (Å²) >= 11 is -1.81. The van der Waals surface area contributed by atoms with Crippen LogP contribution in [0.3, 0.4) is 0 Å². The van der Waals surface area contributed by atoms with Crippen LogP contribution in [0.25, 0.3) is 0 Å². The molecule has 0 saturated carbocycles. The molecule has 0 heterocycles. The molecular weight excluding hydrogens is 192 g/mol. The SMILES string of the molecule is CC(C)(C)OC(=O)CCCS(=O)O. The summed E-state index contributed by atoms with van der Waals surface area (Å²) in [5.74, 6) is -0.197. The first-order valence-electron chi connectivity index (χ1n) is 4.10. The lowest BCUT2D eigenvalue weighted by Crippen LogP contribution is -2.23. The van der Waals surface area contributed by atoms with Crippen molar-refractivity contribution in [3.8, 4) is 0 Å². The van der Waals surface area contributed by atoms with Gasteiger partial charge in [-0.25, -0.2) is 4.21 Å². The fourth-order valence-corrected chi connectivity index (χ4v) is 1.12. The van der Waals surface area contributed by atoms with Crippen molar-refractivity contribution in [2.24, 2.45) is 0 Å². The van der Waals surface area contributed by atoms with Crippen molar-refractivity contribution < 1.29 is 18.3 Å². The van der Waals surface area contributed by atoms with E-state index in [0.29, 0.717) is 6.42 Å². The van der Waals surface area contributed by atoms with Crippen LogP contribution in [0.15, 0.2) is 0 Å². The van der Waals surface area contributed by atoms with Gasteiger partial charge in [-0.15, -0.1) is 0 Å². The van der Waals surface area contributed by atoms with Crippen molar-refractivity contribution >= 4 is 17.0 Å². The van der Waals surface area contributed by atoms with Crippen molar-refractivity contribution in [2.75, 3.05) is 5.75 Å². The van der Waals surface area contributed by atoms with Crippen LogP contribution in [-0.4, -0.2) is 26.1 Å². The molecular formula is C8H16O4S. The molecule has 5 heteroatoms. The van der Waals surface area contributed by atoms with E-state index in [4.69, 9.17) is 9.29 Å². The standard InChI is InChI=1S/C8H16O4S/c1-8(2,3)12-7(9)5-4-6-13(10)11/h4-6H2,1-3H3,(H,10,11). The molecule has 0 fully saturated rings. The fourth-order valence-electron chi connectivity index (χ4n) is 0.733. The van der Waals surface area contributed by atoms with Crippen LogP contribution in [0.4, 0.5) is 0 Å². The maximum atomic E-state index is 11.0. The molecule has 0 spiro atoms. The zero-order chi connectivity index (χ0) is 10.5. The third kappa shape index (κ3) is 9.49. The van der Waals surface area contributed by atoms with Crippen molar-refractivity contribution in [3.05, 3.63) is 0 Å². The van der Waals surface area contributed by atoms with Gasteiger partial charge in [-0.2, -0.15) is 0 Å². The molecule has 1 unspecified atom stereocenters. The van der Waals surface area contributed by atoms with Gasteiger partial charge < -0.3 is 9.29 Å². The monoisotopic (exact) mass is 208 g/mol. The lowest BCUT2D eigenvalue weighted by Gasteiger charge is -2.19. The number of hydrogen-bond donors (Lipinski definition) is 1. The van der Waals surface area contributed by atoms with E-state index in [-0.39, 0.29) is 18.1 Å². The molecule has 1 atom stereocenters. The van der Waals surface area contributed by atoms with Gasteiger partial charge in [-0.05, 0) is 27.2 Å². The summed E-state index contributed by atoms with van der Waals surface area (Å²) in [6.45, 7) is 5.36. The summed E-state index contributed by atoms with van der Waals surface area (Å²) in [6, 6.07) is 0. The van der Waals surface area contributed by atoms with Crippen LogP contribution >= 0.6 is 0 Å². The molecule has 1 N–H and O–H groups in total. The number of carbonyl (C=O) groups excluding carboxylic acids is 1. The quantitative estimate of drug-likeness (QED) is 0.559. The van der Waals surface area contributed by atoms with Crippen molar-refractivity contribution in [2.45, 2.75) is 39.2 Å². The van der Waals surface area contributed by atoms with Crippen molar-refractivity contribution in [1.82, 2.24) is 0 Å². The van der Waals surface area contributed by atoms with Gasteiger partial charge in [0.15, 0.2) is 11.1 Å². The molecule has 0 radical (unpaired) electrons. The van der Waals surface area contributed by atoms with E-state index in [1.165, 1.54) is 0 Å². The van der Waals surface area contributed by atoms with Crippen LogP contribution in [0.1, 0.15) is 33.6 Å². The molecule has 78 valence electrons. The molecule has 0 amide bonds. The van der Waals surface area contributed by atoms with E-state index in [1.807, 2.05) is 0 Å². The normalized spacial score (nSPS) is 13.8. The second-order valence-corrected chi connectivity index (χ2v) is 4.77. The molecule has 0 aliphatic heterocycles. The first kappa shape index (κ1) is 12.6. The van der Waals surface area contributed by atoms with Crippen LogP contribution in [-0.2, 0) is 20.6 Å². The summed E-state index contributed by atoms with van der Waals surface area (Å²) in [4.78, 5) is 11.0. The van der Waals surface area contributed by atoms with E-state index in [0.717, 1.165) is 0 Å². The van der Waals surface area contributed by atoms with Gasteiger partial charge in [0, 0.05) is 12.2 Å². The highest BCUT2D eigenvalue weighted by atomic mass is 32.2. The summed E-state index contributed by atoms with van der Waals surface area (Å²) in [5.41, 5.74) is -0.477. The molecule has 0 bridgehead atoms. The maximum absolute atomic E-state index is 11.0. The minimum Gasteiger partial charge on any atom is -0.460 e. The molecule has 13 heavy (non-hydrogen) atoms. The Balaban J connectivity index is 3.59. The average Bonchev–Trinajstić information content (AvgIpc) is 1.81. The second-order valence-electron chi connectivity index (χ2n) is 3.72. The van der Waals surface area contributed by atoms with Gasteiger partial charge in [-0.1, -0.05) is 0 Å². The third-order valence-corrected chi connectivity index (χ3v) is 1.76. The molecule has 0 aromatic rings. The predicted molar refractivity (Wildman–Crippen MR) is 50.7 cm³/mol. The van der Waals surface area contributed by atoms with Gasteiger partial charge >= 0.3 is 5.97 Å². The number of rotatable bonds is 4. The Morgan fingerprint density at radius 2 is 2.00 bits per heavy atom. The Morgan fingerprint density at radius 3 is 2.38 bits per heavy atom. The molecule has 4 nitrogen and oxygen atoms in total. The lowest BCUT2D eigenvalue weighted by molar-refractivity contribution is -0.154. The van der Waals surface area contributed by atoms with Crippen LogP contribution in [0.2, 0.25) is 0 Å². The second kappa shape index (κ2) is 5.34. The van der Waals surface area contributed by atoms with Crippen molar-refractivity contribution in [1.29, 1.82) is 0 Å². The fraction of sp³-hybridized carbons (Fsp3) is 0.875. The Labute approximate surface area is 80.9 Å².